The summed E-state index contributed by atoms with van der Waals surface area (Å²) in [5.74, 6) is 1.04. The third-order valence-electron chi connectivity index (χ3n) is 4.18. The van der Waals surface area contributed by atoms with Gasteiger partial charge in [0.25, 0.3) is 0 Å². The molecule has 1 aromatic heterocycles. The van der Waals surface area contributed by atoms with Gasteiger partial charge in [-0.25, -0.2) is 12.8 Å². The lowest BCUT2D eigenvalue weighted by atomic mass is 10.1. The van der Waals surface area contributed by atoms with Gasteiger partial charge >= 0.3 is 0 Å². The molecule has 0 unspecified atom stereocenters. The summed E-state index contributed by atoms with van der Waals surface area (Å²) >= 11 is 0. The Morgan fingerprint density at radius 2 is 1.80 bits per heavy atom. The Kier molecular flexibility index (Phi) is 5.65. The lowest BCUT2D eigenvalue weighted by Crippen LogP contribution is -2.39. The molecule has 0 N–H and O–H groups in total. The van der Waals surface area contributed by atoms with Gasteiger partial charge in [0.05, 0.1) is 23.4 Å². The van der Waals surface area contributed by atoms with E-state index in [4.69, 9.17) is 4.74 Å². The van der Waals surface area contributed by atoms with Gasteiger partial charge in [0.15, 0.2) is 9.84 Å². The fourth-order valence-electron chi connectivity index (χ4n) is 2.74. The average molecular weight is 364 g/mol. The number of pyridine rings is 1. The van der Waals surface area contributed by atoms with Crippen molar-refractivity contribution in [2.24, 2.45) is 0 Å². The lowest BCUT2D eigenvalue weighted by molar-refractivity contribution is 0.272. The SMILES string of the molecule is O=S1(=O)CCN(Cc2ccc(-c3ccc(OCCF)cn3)cc2)CC1. The monoisotopic (exact) mass is 364 g/mol. The van der Waals surface area contributed by atoms with Gasteiger partial charge < -0.3 is 4.74 Å². The van der Waals surface area contributed by atoms with Crippen molar-refractivity contribution in [2.45, 2.75) is 6.54 Å². The summed E-state index contributed by atoms with van der Waals surface area (Å²) in [7, 11) is -2.84. The molecule has 25 heavy (non-hydrogen) atoms. The topological polar surface area (TPSA) is 59.5 Å². The van der Waals surface area contributed by atoms with Crippen LogP contribution in [0.2, 0.25) is 0 Å². The van der Waals surface area contributed by atoms with E-state index in [0.29, 0.717) is 18.8 Å². The highest BCUT2D eigenvalue weighted by Gasteiger charge is 2.21. The Morgan fingerprint density at radius 3 is 2.40 bits per heavy atom. The minimum Gasteiger partial charge on any atom is -0.489 e. The quantitative estimate of drug-likeness (QED) is 0.787. The molecule has 1 aliphatic heterocycles. The first-order chi connectivity index (χ1) is 12.1. The van der Waals surface area contributed by atoms with Gasteiger partial charge in [-0.3, -0.25) is 9.88 Å². The maximum absolute atomic E-state index is 12.1. The highest BCUT2D eigenvalue weighted by atomic mass is 32.2. The number of rotatable bonds is 6. The normalized spacial score (nSPS) is 17.3. The molecule has 0 bridgehead atoms. The number of halogens is 1. The summed E-state index contributed by atoms with van der Waals surface area (Å²) in [5, 5.41) is 0. The van der Waals surface area contributed by atoms with Crippen LogP contribution in [0, 0.1) is 0 Å². The molecule has 1 aromatic carbocycles. The van der Waals surface area contributed by atoms with Crippen LogP contribution in [0.5, 0.6) is 5.75 Å². The van der Waals surface area contributed by atoms with Gasteiger partial charge in [0, 0.05) is 25.2 Å². The van der Waals surface area contributed by atoms with Crippen LogP contribution in [0.25, 0.3) is 11.3 Å². The molecule has 3 rings (SSSR count). The Bertz CT molecular complexity index is 778. The molecule has 0 saturated carbocycles. The van der Waals surface area contributed by atoms with Crippen LogP contribution < -0.4 is 4.74 Å². The smallest absolute Gasteiger partial charge is 0.152 e. The number of hydrogen-bond acceptors (Lipinski definition) is 5. The van der Waals surface area contributed by atoms with Crippen LogP contribution in [0.4, 0.5) is 4.39 Å². The first-order valence-corrected chi connectivity index (χ1v) is 10.0. The summed E-state index contributed by atoms with van der Waals surface area (Å²) in [6, 6.07) is 11.7. The number of alkyl halides is 1. The van der Waals surface area contributed by atoms with Crippen molar-refractivity contribution in [3.63, 3.8) is 0 Å². The van der Waals surface area contributed by atoms with Crippen LogP contribution in [0.1, 0.15) is 5.56 Å². The number of nitrogens with zero attached hydrogens (tertiary/aromatic N) is 2. The standard InChI is InChI=1S/C18H21FN2O3S/c19-7-10-24-17-5-6-18(20-13-17)16-3-1-15(2-4-16)14-21-8-11-25(22,23)12-9-21/h1-6,13H,7-12,14H2. The van der Waals surface area contributed by atoms with E-state index in [2.05, 4.69) is 9.88 Å². The summed E-state index contributed by atoms with van der Waals surface area (Å²) in [5.41, 5.74) is 2.95. The van der Waals surface area contributed by atoms with Crippen LogP contribution in [0.3, 0.4) is 0 Å². The van der Waals surface area contributed by atoms with Gasteiger partial charge in [0.2, 0.25) is 0 Å². The predicted molar refractivity (Wildman–Crippen MR) is 95.1 cm³/mol. The second-order valence-corrected chi connectivity index (χ2v) is 8.35. The Hall–Kier alpha value is -1.99. The Morgan fingerprint density at radius 1 is 1.08 bits per heavy atom. The van der Waals surface area contributed by atoms with Crippen molar-refractivity contribution in [1.82, 2.24) is 9.88 Å². The van der Waals surface area contributed by atoms with E-state index < -0.39 is 16.5 Å². The highest BCUT2D eigenvalue weighted by molar-refractivity contribution is 7.91. The molecule has 1 aliphatic rings. The van der Waals surface area contributed by atoms with E-state index >= 15 is 0 Å². The molecule has 0 radical (unpaired) electrons. The van der Waals surface area contributed by atoms with Gasteiger partial charge in [-0.15, -0.1) is 0 Å². The highest BCUT2D eigenvalue weighted by Crippen LogP contribution is 2.21. The maximum Gasteiger partial charge on any atom is 0.152 e. The maximum atomic E-state index is 12.1. The van der Waals surface area contributed by atoms with Crippen LogP contribution in [-0.2, 0) is 16.4 Å². The Balaban J connectivity index is 1.60. The largest absolute Gasteiger partial charge is 0.489 e. The van der Waals surface area contributed by atoms with Crippen LogP contribution in [0.15, 0.2) is 42.6 Å². The van der Waals surface area contributed by atoms with Crippen molar-refractivity contribution in [1.29, 1.82) is 0 Å². The molecule has 5 nitrogen and oxygen atoms in total. The Labute approximate surface area is 147 Å². The number of ether oxygens (including phenoxy) is 1. The van der Waals surface area contributed by atoms with Gasteiger partial charge in [-0.05, 0) is 17.7 Å². The molecule has 0 aliphatic carbocycles. The number of sulfone groups is 1. The zero-order valence-corrected chi connectivity index (χ0v) is 14.7. The molecule has 1 fully saturated rings. The minimum absolute atomic E-state index is 0.0352. The van der Waals surface area contributed by atoms with Crippen molar-refractivity contribution >= 4 is 9.84 Å². The summed E-state index contributed by atoms with van der Waals surface area (Å²) in [6.45, 7) is 1.44. The first kappa shape index (κ1) is 17.8. The zero-order valence-electron chi connectivity index (χ0n) is 13.9. The van der Waals surface area contributed by atoms with E-state index in [1.165, 1.54) is 0 Å². The molecular weight excluding hydrogens is 343 g/mol. The predicted octanol–water partition coefficient (Wildman–Crippen LogP) is 2.33. The third kappa shape index (κ3) is 4.99. The van der Waals surface area contributed by atoms with E-state index in [1.54, 1.807) is 12.3 Å². The number of hydrogen-bond donors (Lipinski definition) is 0. The van der Waals surface area contributed by atoms with Crippen molar-refractivity contribution in [3.05, 3.63) is 48.2 Å². The molecule has 134 valence electrons. The summed E-state index contributed by atoms with van der Waals surface area (Å²) in [6.07, 6.45) is 1.59. The first-order valence-electron chi connectivity index (χ1n) is 8.23. The minimum atomic E-state index is -2.84. The van der Waals surface area contributed by atoms with E-state index in [9.17, 15) is 12.8 Å². The number of benzene rings is 1. The lowest BCUT2D eigenvalue weighted by Gasteiger charge is -2.26. The van der Waals surface area contributed by atoms with Gasteiger partial charge in [-0.2, -0.15) is 0 Å². The fraction of sp³-hybridized carbons (Fsp3) is 0.389. The molecule has 0 amide bonds. The molecular formula is C18H21FN2O3S. The summed E-state index contributed by atoms with van der Waals surface area (Å²) in [4.78, 5) is 6.50. The van der Waals surface area contributed by atoms with Crippen LogP contribution >= 0.6 is 0 Å². The molecule has 2 aromatic rings. The third-order valence-corrected chi connectivity index (χ3v) is 5.78. The molecule has 0 atom stereocenters. The molecule has 0 spiro atoms. The number of aromatic nitrogens is 1. The van der Waals surface area contributed by atoms with Crippen molar-refractivity contribution in [2.75, 3.05) is 37.9 Å². The van der Waals surface area contributed by atoms with E-state index in [1.807, 2.05) is 30.3 Å². The second kappa shape index (κ2) is 7.93. The fourth-order valence-corrected chi connectivity index (χ4v) is 4.02. The van der Waals surface area contributed by atoms with Gasteiger partial charge in [0.1, 0.15) is 19.0 Å². The molecule has 7 heteroatoms. The molecule has 2 heterocycles. The van der Waals surface area contributed by atoms with Gasteiger partial charge in [-0.1, -0.05) is 24.3 Å². The average Bonchev–Trinajstić information content (AvgIpc) is 2.63. The zero-order chi connectivity index (χ0) is 17.7. The van der Waals surface area contributed by atoms with E-state index in [-0.39, 0.29) is 18.1 Å². The van der Waals surface area contributed by atoms with Crippen molar-refractivity contribution in [3.8, 4) is 17.0 Å². The van der Waals surface area contributed by atoms with E-state index in [0.717, 1.165) is 23.4 Å². The summed E-state index contributed by atoms with van der Waals surface area (Å²) < 4.78 is 40.2. The van der Waals surface area contributed by atoms with Crippen molar-refractivity contribution < 1.29 is 17.5 Å². The molecule has 1 saturated heterocycles. The second-order valence-electron chi connectivity index (χ2n) is 6.04. The van der Waals surface area contributed by atoms with Crippen LogP contribution in [-0.4, -0.2) is 56.2 Å².